The van der Waals surface area contributed by atoms with Crippen LogP contribution in [0.5, 0.6) is 0 Å². The lowest BCUT2D eigenvalue weighted by molar-refractivity contribution is -0.138. The van der Waals surface area contributed by atoms with Crippen LogP contribution in [0.25, 0.3) is 11.0 Å². The molecule has 0 aliphatic heterocycles. The van der Waals surface area contributed by atoms with Gasteiger partial charge in [0.2, 0.25) is 0 Å². The Morgan fingerprint density at radius 3 is 3.16 bits per heavy atom. The predicted octanol–water partition coefficient (Wildman–Crippen LogP) is 1.38. The molecule has 1 fully saturated rings. The molecule has 5 heteroatoms. The molecular weight excluding hydrogens is 242 g/mol. The number of carbonyl (C=O) groups is 1. The largest absolute Gasteiger partial charge is 0.481 e. The van der Waals surface area contributed by atoms with Crippen LogP contribution in [0.4, 0.5) is 0 Å². The number of benzene rings is 1. The van der Waals surface area contributed by atoms with Crippen molar-refractivity contribution in [3.05, 3.63) is 30.1 Å². The molecule has 2 unspecified atom stereocenters. The minimum atomic E-state index is -0.665. The molecule has 19 heavy (non-hydrogen) atoms. The summed E-state index contributed by atoms with van der Waals surface area (Å²) in [6.45, 7) is 1.53. The zero-order valence-corrected chi connectivity index (χ0v) is 10.8. The second-order valence-corrected chi connectivity index (χ2v) is 5.25. The number of carboxylic acids is 1. The molecule has 2 aromatic rings. The Bertz CT molecular complexity index is 620. The first kappa shape index (κ1) is 12.2. The van der Waals surface area contributed by atoms with Gasteiger partial charge in [-0.3, -0.25) is 4.79 Å². The number of nitrogens with one attached hydrogen (secondary N) is 1. The highest BCUT2D eigenvalue weighted by atomic mass is 16.4. The molecule has 2 N–H and O–H groups in total. The molecule has 0 radical (unpaired) electrons. The van der Waals surface area contributed by atoms with Gasteiger partial charge >= 0.3 is 5.97 Å². The summed E-state index contributed by atoms with van der Waals surface area (Å²) in [6.07, 6.45) is 2.62. The number of hydrogen-bond donors (Lipinski definition) is 2. The van der Waals surface area contributed by atoms with Crippen molar-refractivity contribution in [2.24, 2.45) is 18.9 Å². The van der Waals surface area contributed by atoms with Gasteiger partial charge in [0.15, 0.2) is 0 Å². The maximum absolute atomic E-state index is 10.7. The summed E-state index contributed by atoms with van der Waals surface area (Å²) in [6, 6.07) is 6.22. The molecule has 5 nitrogen and oxygen atoms in total. The Labute approximate surface area is 111 Å². The van der Waals surface area contributed by atoms with E-state index in [1.54, 1.807) is 0 Å². The summed E-state index contributed by atoms with van der Waals surface area (Å²) in [7, 11) is 1.98. The number of aromatic nitrogens is 2. The Balaban J connectivity index is 1.56. The standard InChI is InChI=1S/C14H17N3O2/c1-17-8-16-12-4-9(2-3-13(12)17)6-15-7-10-5-11(10)14(18)19/h2-4,8,10-11,15H,5-7H2,1H3,(H,18,19). The van der Waals surface area contributed by atoms with E-state index in [4.69, 9.17) is 5.11 Å². The number of hydrogen-bond acceptors (Lipinski definition) is 3. The molecule has 1 aliphatic rings. The zero-order chi connectivity index (χ0) is 13.4. The van der Waals surface area contributed by atoms with Gasteiger partial charge in [0.05, 0.1) is 23.3 Å². The lowest BCUT2D eigenvalue weighted by atomic mass is 10.2. The van der Waals surface area contributed by atoms with Gasteiger partial charge in [-0.05, 0) is 36.6 Å². The summed E-state index contributed by atoms with van der Waals surface area (Å²) in [5, 5.41) is 12.1. The maximum atomic E-state index is 10.7. The van der Waals surface area contributed by atoms with E-state index in [2.05, 4.69) is 28.5 Å². The second kappa shape index (κ2) is 4.66. The van der Waals surface area contributed by atoms with E-state index in [1.807, 2.05) is 17.9 Å². The molecule has 3 rings (SSSR count). The van der Waals surface area contributed by atoms with E-state index < -0.39 is 5.97 Å². The molecule has 0 saturated heterocycles. The SMILES string of the molecule is Cn1cnc2cc(CNCC3CC3C(=O)O)ccc21. The van der Waals surface area contributed by atoms with Gasteiger partial charge in [0.1, 0.15) is 0 Å². The average molecular weight is 259 g/mol. The number of rotatable bonds is 5. The van der Waals surface area contributed by atoms with Gasteiger partial charge < -0.3 is 15.0 Å². The van der Waals surface area contributed by atoms with Crippen molar-refractivity contribution < 1.29 is 9.90 Å². The maximum Gasteiger partial charge on any atom is 0.306 e. The van der Waals surface area contributed by atoms with Crippen molar-refractivity contribution >= 4 is 17.0 Å². The number of aryl methyl sites for hydroxylation is 1. The fraction of sp³-hybridized carbons (Fsp3) is 0.429. The quantitative estimate of drug-likeness (QED) is 0.851. The van der Waals surface area contributed by atoms with Crippen LogP contribution in [0.15, 0.2) is 24.5 Å². The minimum absolute atomic E-state index is 0.134. The second-order valence-electron chi connectivity index (χ2n) is 5.25. The third-order valence-electron chi connectivity index (χ3n) is 3.77. The van der Waals surface area contributed by atoms with Crippen molar-refractivity contribution in [3.8, 4) is 0 Å². The van der Waals surface area contributed by atoms with Gasteiger partial charge in [0, 0.05) is 13.6 Å². The third kappa shape index (κ3) is 2.46. The molecule has 0 amide bonds. The fourth-order valence-electron chi connectivity index (χ4n) is 2.47. The Morgan fingerprint density at radius 1 is 1.58 bits per heavy atom. The molecule has 1 aromatic carbocycles. The molecule has 2 atom stereocenters. The van der Waals surface area contributed by atoms with Crippen LogP contribution in [-0.4, -0.2) is 27.2 Å². The molecule has 1 heterocycles. The minimum Gasteiger partial charge on any atom is -0.481 e. The highest BCUT2D eigenvalue weighted by Crippen LogP contribution is 2.37. The van der Waals surface area contributed by atoms with Crippen molar-refractivity contribution in [3.63, 3.8) is 0 Å². The molecule has 0 spiro atoms. The van der Waals surface area contributed by atoms with Crippen LogP contribution in [0, 0.1) is 11.8 Å². The summed E-state index contributed by atoms with van der Waals surface area (Å²) in [5.41, 5.74) is 3.30. The zero-order valence-electron chi connectivity index (χ0n) is 10.8. The highest BCUT2D eigenvalue weighted by molar-refractivity contribution is 5.76. The van der Waals surface area contributed by atoms with E-state index in [-0.39, 0.29) is 5.92 Å². The monoisotopic (exact) mass is 259 g/mol. The normalized spacial score (nSPS) is 21.7. The first-order valence-electron chi connectivity index (χ1n) is 6.48. The van der Waals surface area contributed by atoms with Crippen molar-refractivity contribution in [1.82, 2.24) is 14.9 Å². The Morgan fingerprint density at radius 2 is 2.42 bits per heavy atom. The number of imidazole rings is 1. The van der Waals surface area contributed by atoms with Crippen LogP contribution in [0.2, 0.25) is 0 Å². The lowest BCUT2D eigenvalue weighted by Crippen LogP contribution is -2.18. The number of carboxylic acid groups (broad SMARTS) is 1. The van der Waals surface area contributed by atoms with Crippen LogP contribution >= 0.6 is 0 Å². The topological polar surface area (TPSA) is 67.2 Å². The van der Waals surface area contributed by atoms with Gasteiger partial charge in [0.25, 0.3) is 0 Å². The van der Waals surface area contributed by atoms with Crippen molar-refractivity contribution in [2.45, 2.75) is 13.0 Å². The number of aliphatic carboxylic acids is 1. The Kier molecular flexibility index (Phi) is 2.98. The first-order chi connectivity index (χ1) is 9.15. The smallest absolute Gasteiger partial charge is 0.306 e. The molecule has 1 saturated carbocycles. The molecular formula is C14H17N3O2. The lowest BCUT2D eigenvalue weighted by Gasteiger charge is -2.04. The van der Waals surface area contributed by atoms with Crippen molar-refractivity contribution in [1.29, 1.82) is 0 Å². The fourth-order valence-corrected chi connectivity index (χ4v) is 2.47. The van der Waals surface area contributed by atoms with Crippen LogP contribution in [-0.2, 0) is 18.4 Å². The van der Waals surface area contributed by atoms with E-state index in [0.29, 0.717) is 5.92 Å². The predicted molar refractivity (Wildman–Crippen MR) is 71.7 cm³/mol. The van der Waals surface area contributed by atoms with E-state index in [0.717, 1.165) is 30.5 Å². The average Bonchev–Trinajstić information content (AvgIpc) is 3.08. The van der Waals surface area contributed by atoms with Crippen molar-refractivity contribution in [2.75, 3.05) is 6.54 Å². The molecule has 100 valence electrons. The van der Waals surface area contributed by atoms with E-state index in [9.17, 15) is 4.79 Å². The number of fused-ring (bicyclic) bond motifs is 1. The van der Waals surface area contributed by atoms with Crippen LogP contribution < -0.4 is 5.32 Å². The summed E-state index contributed by atoms with van der Waals surface area (Å²) >= 11 is 0. The van der Waals surface area contributed by atoms with Crippen LogP contribution in [0.1, 0.15) is 12.0 Å². The summed E-state index contributed by atoms with van der Waals surface area (Å²) in [5.74, 6) is -0.497. The Hall–Kier alpha value is -1.88. The molecule has 1 aliphatic carbocycles. The van der Waals surface area contributed by atoms with E-state index in [1.165, 1.54) is 5.56 Å². The van der Waals surface area contributed by atoms with Gasteiger partial charge in [-0.1, -0.05) is 6.07 Å². The first-order valence-corrected chi connectivity index (χ1v) is 6.48. The van der Waals surface area contributed by atoms with Gasteiger partial charge in [-0.15, -0.1) is 0 Å². The molecule has 1 aromatic heterocycles. The van der Waals surface area contributed by atoms with Gasteiger partial charge in [-0.2, -0.15) is 0 Å². The summed E-state index contributed by atoms with van der Waals surface area (Å²) in [4.78, 5) is 15.0. The third-order valence-corrected chi connectivity index (χ3v) is 3.77. The van der Waals surface area contributed by atoms with Crippen LogP contribution in [0.3, 0.4) is 0 Å². The molecule has 0 bridgehead atoms. The highest BCUT2D eigenvalue weighted by Gasteiger charge is 2.42. The number of nitrogens with zero attached hydrogens (tertiary/aromatic N) is 2. The van der Waals surface area contributed by atoms with E-state index >= 15 is 0 Å². The van der Waals surface area contributed by atoms with Gasteiger partial charge in [-0.25, -0.2) is 4.98 Å². The summed E-state index contributed by atoms with van der Waals surface area (Å²) < 4.78 is 1.99.